The van der Waals surface area contributed by atoms with Gasteiger partial charge in [0, 0.05) is 25.1 Å². The number of nitrogens with zero attached hydrogens (tertiary/aromatic N) is 2. The van der Waals surface area contributed by atoms with E-state index in [1.165, 1.54) is 0 Å². The van der Waals surface area contributed by atoms with Crippen LogP contribution in [0.3, 0.4) is 0 Å². The van der Waals surface area contributed by atoms with Gasteiger partial charge in [-0.15, -0.1) is 0 Å². The summed E-state index contributed by atoms with van der Waals surface area (Å²) in [5.74, 6) is 0.751. The molecule has 0 bridgehead atoms. The van der Waals surface area contributed by atoms with Crippen molar-refractivity contribution < 1.29 is 4.79 Å². The van der Waals surface area contributed by atoms with Gasteiger partial charge in [0.25, 0.3) is 0 Å². The number of amides is 1. The molecule has 25 heavy (non-hydrogen) atoms. The number of aromatic nitrogens is 2. The molecule has 0 aliphatic carbocycles. The van der Waals surface area contributed by atoms with Crippen LogP contribution in [0.4, 0.5) is 5.69 Å². The summed E-state index contributed by atoms with van der Waals surface area (Å²) in [5.41, 5.74) is 9.47. The summed E-state index contributed by atoms with van der Waals surface area (Å²) >= 11 is 0. The zero-order valence-electron chi connectivity index (χ0n) is 14.4. The van der Waals surface area contributed by atoms with Crippen LogP contribution in [-0.4, -0.2) is 15.5 Å². The molecule has 0 radical (unpaired) electrons. The van der Waals surface area contributed by atoms with Crippen LogP contribution in [0.2, 0.25) is 0 Å². The number of nitrogens with one attached hydrogen (secondary N) is 1. The van der Waals surface area contributed by atoms with Crippen molar-refractivity contribution >= 4 is 11.6 Å². The summed E-state index contributed by atoms with van der Waals surface area (Å²) in [5, 5.41) is 3.13. The van der Waals surface area contributed by atoms with E-state index in [0.717, 1.165) is 22.5 Å². The lowest BCUT2D eigenvalue weighted by atomic mass is 10.00. The molecular formula is C20H22N4O. The van der Waals surface area contributed by atoms with Crippen molar-refractivity contribution in [2.24, 2.45) is 7.05 Å². The second-order valence-electron chi connectivity index (χ2n) is 6.17. The van der Waals surface area contributed by atoms with Gasteiger partial charge in [-0.25, -0.2) is 4.98 Å². The first-order valence-corrected chi connectivity index (χ1v) is 8.21. The van der Waals surface area contributed by atoms with Gasteiger partial charge in [-0.05, 0) is 35.7 Å². The largest absolute Gasteiger partial charge is 0.399 e. The lowest BCUT2D eigenvalue weighted by Gasteiger charge is -2.21. The maximum absolute atomic E-state index is 12.6. The SMILES string of the molecule is Cc1ccccc1C(NC(=O)Cc1ccc(N)cc1)c1nccn1C. The number of hydrogen-bond donors (Lipinski definition) is 2. The molecule has 0 saturated carbocycles. The van der Waals surface area contributed by atoms with E-state index in [0.29, 0.717) is 12.1 Å². The monoisotopic (exact) mass is 334 g/mol. The molecule has 5 nitrogen and oxygen atoms in total. The summed E-state index contributed by atoms with van der Waals surface area (Å²) in [7, 11) is 1.93. The highest BCUT2D eigenvalue weighted by atomic mass is 16.1. The van der Waals surface area contributed by atoms with Crippen molar-refractivity contribution in [3.63, 3.8) is 0 Å². The summed E-state index contributed by atoms with van der Waals surface area (Å²) in [6.45, 7) is 2.04. The Balaban J connectivity index is 1.85. The van der Waals surface area contributed by atoms with Crippen molar-refractivity contribution in [1.29, 1.82) is 0 Å². The number of rotatable bonds is 5. The Kier molecular flexibility index (Phi) is 4.84. The molecule has 0 aliphatic rings. The van der Waals surface area contributed by atoms with E-state index in [2.05, 4.69) is 10.3 Å². The Morgan fingerprint density at radius 3 is 2.56 bits per heavy atom. The number of nitrogens with two attached hydrogens (primary N) is 1. The number of imidazole rings is 1. The highest BCUT2D eigenvalue weighted by Gasteiger charge is 2.22. The van der Waals surface area contributed by atoms with E-state index < -0.39 is 0 Å². The predicted molar refractivity (Wildman–Crippen MR) is 98.9 cm³/mol. The van der Waals surface area contributed by atoms with E-state index in [9.17, 15) is 4.79 Å². The molecule has 3 N–H and O–H groups in total. The van der Waals surface area contributed by atoms with Crippen molar-refractivity contribution in [3.05, 3.63) is 83.4 Å². The van der Waals surface area contributed by atoms with Gasteiger partial charge >= 0.3 is 0 Å². The molecule has 1 aromatic heterocycles. The van der Waals surface area contributed by atoms with Crippen LogP contribution in [0.5, 0.6) is 0 Å². The number of anilines is 1. The minimum absolute atomic E-state index is 0.0546. The summed E-state index contributed by atoms with van der Waals surface area (Å²) in [4.78, 5) is 17.1. The Hall–Kier alpha value is -3.08. The van der Waals surface area contributed by atoms with Crippen molar-refractivity contribution in [1.82, 2.24) is 14.9 Å². The fourth-order valence-corrected chi connectivity index (χ4v) is 2.88. The minimum atomic E-state index is -0.289. The molecule has 128 valence electrons. The minimum Gasteiger partial charge on any atom is -0.399 e. The van der Waals surface area contributed by atoms with Crippen molar-refractivity contribution in [3.8, 4) is 0 Å². The standard InChI is InChI=1S/C20H22N4O/c1-14-5-3-4-6-17(14)19(20-22-11-12-24(20)2)23-18(25)13-15-7-9-16(21)10-8-15/h3-12,19H,13,21H2,1-2H3,(H,23,25). The number of carbonyl (C=O) groups is 1. The van der Waals surface area contributed by atoms with Crippen LogP contribution in [0.1, 0.15) is 28.6 Å². The predicted octanol–water partition coefficient (Wildman–Crippen LogP) is 2.76. The summed E-state index contributed by atoms with van der Waals surface area (Å²) in [6.07, 6.45) is 3.92. The molecule has 0 spiro atoms. The second kappa shape index (κ2) is 7.21. The van der Waals surface area contributed by atoms with E-state index in [4.69, 9.17) is 5.73 Å². The van der Waals surface area contributed by atoms with E-state index in [1.807, 2.05) is 61.1 Å². The van der Waals surface area contributed by atoms with Crippen LogP contribution in [0.15, 0.2) is 60.9 Å². The Labute approximate surface area is 147 Å². The van der Waals surface area contributed by atoms with E-state index >= 15 is 0 Å². The normalized spacial score (nSPS) is 11.9. The van der Waals surface area contributed by atoms with Gasteiger partial charge in [0.1, 0.15) is 11.9 Å². The molecular weight excluding hydrogens is 312 g/mol. The zero-order chi connectivity index (χ0) is 17.8. The molecule has 1 unspecified atom stereocenters. The fourth-order valence-electron chi connectivity index (χ4n) is 2.88. The summed E-state index contributed by atoms with van der Waals surface area (Å²) in [6, 6.07) is 15.1. The first kappa shape index (κ1) is 16.8. The maximum atomic E-state index is 12.6. The number of benzene rings is 2. The quantitative estimate of drug-likeness (QED) is 0.705. The zero-order valence-corrected chi connectivity index (χ0v) is 14.4. The molecule has 2 aromatic carbocycles. The van der Waals surface area contributed by atoms with Crippen LogP contribution in [0, 0.1) is 6.92 Å². The van der Waals surface area contributed by atoms with Crippen molar-refractivity contribution in [2.75, 3.05) is 5.73 Å². The van der Waals surface area contributed by atoms with Gasteiger partial charge in [0.05, 0.1) is 6.42 Å². The van der Waals surface area contributed by atoms with Gasteiger partial charge < -0.3 is 15.6 Å². The van der Waals surface area contributed by atoms with Gasteiger partial charge in [-0.1, -0.05) is 36.4 Å². The van der Waals surface area contributed by atoms with Crippen LogP contribution in [-0.2, 0) is 18.3 Å². The average molecular weight is 334 g/mol. The molecule has 1 atom stereocenters. The fraction of sp³-hybridized carbons (Fsp3) is 0.200. The lowest BCUT2D eigenvalue weighted by molar-refractivity contribution is -0.121. The Bertz CT molecular complexity index is 867. The smallest absolute Gasteiger partial charge is 0.225 e. The highest BCUT2D eigenvalue weighted by molar-refractivity contribution is 5.79. The number of carbonyl (C=O) groups excluding carboxylic acids is 1. The molecule has 5 heteroatoms. The molecule has 0 fully saturated rings. The summed E-state index contributed by atoms with van der Waals surface area (Å²) < 4.78 is 1.93. The average Bonchev–Trinajstić information content (AvgIpc) is 3.01. The van der Waals surface area contributed by atoms with Gasteiger partial charge in [0.2, 0.25) is 5.91 Å². The number of nitrogen functional groups attached to an aromatic ring is 1. The third-order valence-corrected chi connectivity index (χ3v) is 4.27. The second-order valence-corrected chi connectivity index (χ2v) is 6.17. The maximum Gasteiger partial charge on any atom is 0.225 e. The van der Waals surface area contributed by atoms with Crippen molar-refractivity contribution in [2.45, 2.75) is 19.4 Å². The third-order valence-electron chi connectivity index (χ3n) is 4.27. The van der Waals surface area contributed by atoms with Gasteiger partial charge in [-0.2, -0.15) is 0 Å². The Morgan fingerprint density at radius 2 is 1.92 bits per heavy atom. The Morgan fingerprint density at radius 1 is 1.20 bits per heavy atom. The van der Waals surface area contributed by atoms with Crippen LogP contribution < -0.4 is 11.1 Å². The molecule has 1 amide bonds. The van der Waals surface area contributed by atoms with Gasteiger partial charge in [-0.3, -0.25) is 4.79 Å². The number of aryl methyl sites for hydroxylation is 2. The molecule has 3 rings (SSSR count). The molecule has 0 aliphatic heterocycles. The van der Waals surface area contributed by atoms with Crippen LogP contribution >= 0.6 is 0 Å². The molecule has 0 saturated heterocycles. The molecule has 1 heterocycles. The first-order chi connectivity index (χ1) is 12.0. The lowest BCUT2D eigenvalue weighted by Crippen LogP contribution is -2.32. The molecule has 3 aromatic rings. The van der Waals surface area contributed by atoms with E-state index in [1.54, 1.807) is 18.3 Å². The van der Waals surface area contributed by atoms with Crippen LogP contribution in [0.25, 0.3) is 0 Å². The van der Waals surface area contributed by atoms with Gasteiger partial charge in [0.15, 0.2) is 0 Å². The first-order valence-electron chi connectivity index (χ1n) is 8.21. The number of hydrogen-bond acceptors (Lipinski definition) is 3. The topological polar surface area (TPSA) is 72.9 Å². The third kappa shape index (κ3) is 3.88. The van der Waals surface area contributed by atoms with E-state index in [-0.39, 0.29) is 11.9 Å². The highest BCUT2D eigenvalue weighted by Crippen LogP contribution is 2.23.